The Hall–Kier alpha value is -7.11. The van der Waals surface area contributed by atoms with Crippen molar-refractivity contribution in [2.75, 3.05) is 10.6 Å². The van der Waals surface area contributed by atoms with Crippen molar-refractivity contribution >= 4 is 44.6 Å². The normalized spacial score (nSPS) is 13.2. The predicted molar refractivity (Wildman–Crippen MR) is 272 cm³/mol. The summed E-state index contributed by atoms with van der Waals surface area (Å²) in [6.07, 6.45) is 1.88. The molecule has 0 radical (unpaired) electrons. The highest BCUT2D eigenvalue weighted by Crippen LogP contribution is 2.43. The summed E-state index contributed by atoms with van der Waals surface area (Å²) in [5.41, 5.74) is 10.5. The molecule has 2 heterocycles. The highest BCUT2D eigenvalue weighted by atomic mass is 16.5. The van der Waals surface area contributed by atoms with E-state index in [0.717, 1.165) is 55.8 Å². The predicted octanol–water partition coefficient (Wildman–Crippen LogP) is 16.7. The van der Waals surface area contributed by atoms with Gasteiger partial charge in [-0.2, -0.15) is 0 Å². The van der Waals surface area contributed by atoms with E-state index in [9.17, 15) is 0 Å². The molecule has 0 saturated heterocycles. The van der Waals surface area contributed by atoms with Crippen LogP contribution in [0.4, 0.5) is 22.7 Å². The van der Waals surface area contributed by atoms with Crippen molar-refractivity contribution < 1.29 is 11.6 Å². The summed E-state index contributed by atoms with van der Waals surface area (Å²) in [7, 11) is 0. The van der Waals surface area contributed by atoms with Crippen LogP contribution in [0.2, 0.25) is 0 Å². The lowest BCUT2D eigenvalue weighted by atomic mass is 9.78. The molecule has 0 fully saturated rings. The lowest BCUT2D eigenvalue weighted by Gasteiger charge is -2.27. The van der Waals surface area contributed by atoms with Gasteiger partial charge in [0.15, 0.2) is 0 Å². The van der Waals surface area contributed by atoms with Gasteiger partial charge in [0.1, 0.15) is 17.3 Å². The molecule has 9 aromatic rings. The van der Waals surface area contributed by atoms with E-state index in [0.29, 0.717) is 22.7 Å². The molecule has 0 unspecified atom stereocenters. The van der Waals surface area contributed by atoms with Gasteiger partial charge in [-0.25, -0.2) is 4.98 Å². The number of para-hydroxylation sites is 4. The Balaban J connectivity index is 1.11. The highest BCUT2D eigenvalue weighted by molar-refractivity contribution is 6.09. The van der Waals surface area contributed by atoms with Crippen molar-refractivity contribution in [3.63, 3.8) is 0 Å². The number of nitrogens with one attached hydrogen (secondary N) is 2. The molecule has 64 heavy (non-hydrogen) atoms. The SMILES string of the molecule is [2H]c1c([2H])c([2H])c(-c2cccc(-c3cc(C(C)(C)C)cc(C(C)(C)C)c3)c2Nc2ccccc2Nc2cccc(Oc3ccc4c5ccccc5n(-c5cc(C(C)(C)C)ccn5)c4c3)c2)c([2H])c1[2H]. The van der Waals surface area contributed by atoms with Crippen LogP contribution in [0.3, 0.4) is 0 Å². The summed E-state index contributed by atoms with van der Waals surface area (Å²) < 4.78 is 52.6. The summed E-state index contributed by atoms with van der Waals surface area (Å²) in [5, 5.41) is 9.59. The van der Waals surface area contributed by atoms with Crippen molar-refractivity contribution in [1.82, 2.24) is 9.55 Å². The van der Waals surface area contributed by atoms with E-state index in [4.69, 9.17) is 16.6 Å². The van der Waals surface area contributed by atoms with Gasteiger partial charge in [-0.05, 0) is 98.7 Å². The number of pyridine rings is 1. The van der Waals surface area contributed by atoms with Crippen LogP contribution in [0.1, 0.15) is 85.9 Å². The van der Waals surface area contributed by atoms with E-state index in [1.165, 1.54) is 16.7 Å². The van der Waals surface area contributed by atoms with Crippen LogP contribution in [0, 0.1) is 0 Å². The van der Waals surface area contributed by atoms with Gasteiger partial charge < -0.3 is 15.4 Å². The maximum Gasteiger partial charge on any atom is 0.137 e. The van der Waals surface area contributed by atoms with Crippen molar-refractivity contribution in [2.45, 2.75) is 78.6 Å². The van der Waals surface area contributed by atoms with E-state index in [-0.39, 0.29) is 46.0 Å². The van der Waals surface area contributed by atoms with Crippen molar-refractivity contribution in [1.29, 1.82) is 0 Å². The second-order valence-corrected chi connectivity index (χ2v) is 19.6. The summed E-state index contributed by atoms with van der Waals surface area (Å²) in [6, 6.07) is 45.2. The van der Waals surface area contributed by atoms with Crippen LogP contribution in [-0.4, -0.2) is 9.55 Å². The minimum absolute atomic E-state index is 0.0446. The Bertz CT molecular complexity index is 3390. The standard InChI is InChI=1S/C59H58N4O/c1-57(2,3)41-31-32-60-55(36-41)63-53-28-16-13-23-49(53)50-30-29-46(38-54(50)63)64-45-22-17-21-44(37-45)61-51-26-14-15-27-52(51)62-56-47(39-19-11-10-12-20-39)24-18-25-48(56)40-33-42(58(4,5)6)35-43(34-40)59(7,8)9/h10-38,61-62H,1-9H3/i10D,11D,12D,19D,20D. The lowest BCUT2D eigenvalue weighted by Crippen LogP contribution is -2.16. The number of rotatable bonds is 9. The third-order valence-electron chi connectivity index (χ3n) is 11.8. The monoisotopic (exact) mass is 843 g/mol. The van der Waals surface area contributed by atoms with E-state index >= 15 is 0 Å². The molecule has 0 spiro atoms. The van der Waals surface area contributed by atoms with Gasteiger partial charge in [0, 0.05) is 45.9 Å². The van der Waals surface area contributed by atoms with Crippen molar-refractivity contribution in [3.05, 3.63) is 193 Å². The van der Waals surface area contributed by atoms with Gasteiger partial charge in [0.25, 0.3) is 0 Å². The molecule has 0 aliphatic carbocycles. The summed E-state index contributed by atoms with van der Waals surface area (Å²) >= 11 is 0. The molecule has 0 atom stereocenters. The maximum atomic E-state index is 9.06. The van der Waals surface area contributed by atoms with Crippen LogP contribution in [0.25, 0.3) is 49.9 Å². The Kier molecular flexibility index (Phi) is 9.40. The molecule has 0 amide bonds. The fraction of sp³-hybridized carbons (Fsp3) is 0.203. The molecule has 5 nitrogen and oxygen atoms in total. The third-order valence-corrected chi connectivity index (χ3v) is 11.8. The van der Waals surface area contributed by atoms with Gasteiger partial charge in [0.2, 0.25) is 0 Å². The molecule has 2 N–H and O–H groups in total. The zero-order chi connectivity index (χ0) is 49.2. The lowest BCUT2D eigenvalue weighted by molar-refractivity contribution is 0.483. The number of anilines is 4. The van der Waals surface area contributed by atoms with Gasteiger partial charge >= 0.3 is 0 Å². The molecule has 0 aliphatic heterocycles. The fourth-order valence-corrected chi connectivity index (χ4v) is 8.20. The van der Waals surface area contributed by atoms with Gasteiger partial charge in [-0.3, -0.25) is 4.57 Å². The van der Waals surface area contributed by atoms with Crippen LogP contribution >= 0.6 is 0 Å². The Morgan fingerprint density at radius 1 is 0.500 bits per heavy atom. The number of hydrogen-bond donors (Lipinski definition) is 2. The first-order chi connectivity index (χ1) is 32.7. The summed E-state index contributed by atoms with van der Waals surface area (Å²) in [6.45, 7) is 19.8. The van der Waals surface area contributed by atoms with Gasteiger partial charge in [0.05, 0.1) is 34.9 Å². The van der Waals surface area contributed by atoms with E-state index < -0.39 is 6.04 Å². The Labute approximate surface area is 385 Å². The first kappa shape index (κ1) is 36.4. The average molecular weight is 844 g/mol. The molecule has 320 valence electrons. The third kappa shape index (κ3) is 8.63. The topological polar surface area (TPSA) is 51.1 Å². The quantitative estimate of drug-likeness (QED) is 0.152. The van der Waals surface area contributed by atoms with Crippen LogP contribution in [0.5, 0.6) is 11.5 Å². The van der Waals surface area contributed by atoms with Crippen LogP contribution < -0.4 is 15.4 Å². The molecule has 0 saturated carbocycles. The largest absolute Gasteiger partial charge is 0.457 e. The zero-order valence-corrected chi connectivity index (χ0v) is 38.2. The fourth-order valence-electron chi connectivity index (χ4n) is 8.20. The van der Waals surface area contributed by atoms with Crippen molar-refractivity contribution in [2.24, 2.45) is 0 Å². The summed E-state index contributed by atoms with van der Waals surface area (Å²) in [4.78, 5) is 4.85. The number of ether oxygens (including phenoxy) is 1. The number of nitrogens with zero attached hydrogens (tertiary/aromatic N) is 2. The molecule has 0 aliphatic rings. The molecule has 7 aromatic carbocycles. The maximum absolute atomic E-state index is 9.06. The highest BCUT2D eigenvalue weighted by Gasteiger charge is 2.23. The van der Waals surface area contributed by atoms with E-state index in [2.05, 4.69) is 144 Å². The molecular formula is C59H58N4O. The number of benzene rings is 7. The van der Waals surface area contributed by atoms with E-state index in [1.54, 1.807) is 0 Å². The summed E-state index contributed by atoms with van der Waals surface area (Å²) in [5.74, 6) is 2.17. The Morgan fingerprint density at radius 3 is 1.81 bits per heavy atom. The average Bonchev–Trinajstić information content (AvgIpc) is 3.64. The molecule has 0 bridgehead atoms. The van der Waals surface area contributed by atoms with E-state index in [1.807, 2.05) is 79.0 Å². The number of hydrogen-bond acceptors (Lipinski definition) is 4. The van der Waals surface area contributed by atoms with Gasteiger partial charge in [-0.15, -0.1) is 0 Å². The molecule has 5 heteroatoms. The molecule has 9 rings (SSSR count). The number of fused-ring (bicyclic) bond motifs is 3. The smallest absolute Gasteiger partial charge is 0.137 e. The minimum Gasteiger partial charge on any atom is -0.457 e. The second kappa shape index (κ2) is 16.5. The van der Waals surface area contributed by atoms with Crippen LogP contribution in [-0.2, 0) is 16.2 Å². The molecule has 2 aromatic heterocycles. The minimum atomic E-state index is -0.434. The van der Waals surface area contributed by atoms with Crippen molar-refractivity contribution in [3.8, 4) is 39.6 Å². The first-order valence-electron chi connectivity index (χ1n) is 24.5. The van der Waals surface area contributed by atoms with Gasteiger partial charge in [-0.1, -0.05) is 165 Å². The first-order valence-corrected chi connectivity index (χ1v) is 22.0. The Morgan fingerprint density at radius 2 is 1.11 bits per heavy atom. The van der Waals surface area contributed by atoms with Crippen LogP contribution in [0.15, 0.2) is 176 Å². The number of aromatic nitrogens is 2. The molecular weight excluding hydrogens is 781 g/mol. The zero-order valence-electron chi connectivity index (χ0n) is 43.2. The second-order valence-electron chi connectivity index (χ2n) is 19.6.